The second-order valence-electron chi connectivity index (χ2n) is 2.43. The van der Waals surface area contributed by atoms with E-state index in [1.54, 1.807) is 0 Å². The molecular formula is C9H5BrClFO2. The van der Waals surface area contributed by atoms with E-state index >= 15 is 0 Å². The largest absolute Gasteiger partial charge is 0.478 e. The van der Waals surface area contributed by atoms with Gasteiger partial charge in [0.25, 0.3) is 0 Å². The van der Waals surface area contributed by atoms with E-state index in [2.05, 4.69) is 15.9 Å². The molecule has 0 aliphatic carbocycles. The molecule has 74 valence electrons. The number of carbonyl (C=O) groups is 1. The number of carboxylic acids is 1. The predicted molar refractivity (Wildman–Crippen MR) is 55.8 cm³/mol. The van der Waals surface area contributed by atoms with Crippen LogP contribution in [0.2, 0.25) is 5.02 Å². The smallest absolute Gasteiger partial charge is 0.328 e. The molecule has 1 N–H and O–H groups in total. The van der Waals surface area contributed by atoms with E-state index in [4.69, 9.17) is 16.7 Å². The molecule has 0 amide bonds. The van der Waals surface area contributed by atoms with Gasteiger partial charge in [0, 0.05) is 11.6 Å². The van der Waals surface area contributed by atoms with Crippen LogP contribution in [0.3, 0.4) is 0 Å². The minimum absolute atomic E-state index is 0.0587. The Bertz CT molecular complexity index is 404. The Morgan fingerprint density at radius 3 is 2.79 bits per heavy atom. The van der Waals surface area contributed by atoms with Crippen molar-refractivity contribution in [2.24, 2.45) is 0 Å². The molecule has 0 bridgehead atoms. The first kappa shape index (κ1) is 11.2. The monoisotopic (exact) mass is 278 g/mol. The summed E-state index contributed by atoms with van der Waals surface area (Å²) in [5, 5.41) is 8.53. The minimum atomic E-state index is -1.15. The standard InChI is InChI=1S/C9H5BrClFO2/c10-6-2-3-7(11)5(9(6)12)1-4-8(13)14/h1-4H,(H,13,14)/b4-1+. The molecule has 0 aromatic heterocycles. The third-order valence-electron chi connectivity index (χ3n) is 1.47. The van der Waals surface area contributed by atoms with Gasteiger partial charge in [-0.15, -0.1) is 0 Å². The number of hydrogen-bond acceptors (Lipinski definition) is 1. The van der Waals surface area contributed by atoms with Gasteiger partial charge in [-0.3, -0.25) is 0 Å². The van der Waals surface area contributed by atoms with Gasteiger partial charge in [-0.1, -0.05) is 11.6 Å². The van der Waals surface area contributed by atoms with Crippen LogP contribution in [0.4, 0.5) is 4.39 Å². The molecule has 1 rings (SSSR count). The zero-order chi connectivity index (χ0) is 10.7. The second kappa shape index (κ2) is 4.57. The van der Waals surface area contributed by atoms with E-state index in [1.807, 2.05) is 0 Å². The molecule has 1 aromatic carbocycles. The van der Waals surface area contributed by atoms with Crippen LogP contribution in [0, 0.1) is 5.82 Å². The van der Waals surface area contributed by atoms with Gasteiger partial charge in [-0.25, -0.2) is 9.18 Å². The molecule has 5 heteroatoms. The van der Waals surface area contributed by atoms with Crippen molar-refractivity contribution in [3.05, 3.63) is 39.1 Å². The minimum Gasteiger partial charge on any atom is -0.478 e. The van der Waals surface area contributed by atoms with Crippen molar-refractivity contribution < 1.29 is 14.3 Å². The van der Waals surface area contributed by atoms with E-state index in [-0.39, 0.29) is 15.1 Å². The van der Waals surface area contributed by atoms with Crippen molar-refractivity contribution in [2.75, 3.05) is 0 Å². The molecule has 0 heterocycles. The molecule has 0 saturated carbocycles. The fourth-order valence-electron chi connectivity index (χ4n) is 0.850. The lowest BCUT2D eigenvalue weighted by Crippen LogP contribution is -1.89. The Morgan fingerprint density at radius 1 is 1.57 bits per heavy atom. The van der Waals surface area contributed by atoms with Gasteiger partial charge in [-0.05, 0) is 34.1 Å². The van der Waals surface area contributed by atoms with Crippen LogP contribution in [-0.2, 0) is 4.79 Å². The van der Waals surface area contributed by atoms with Crippen molar-refractivity contribution in [3.8, 4) is 0 Å². The van der Waals surface area contributed by atoms with Crippen molar-refractivity contribution >= 4 is 39.6 Å². The first-order valence-electron chi connectivity index (χ1n) is 3.57. The summed E-state index contributed by atoms with van der Waals surface area (Å²) in [6.07, 6.45) is 1.95. The zero-order valence-corrected chi connectivity index (χ0v) is 9.14. The van der Waals surface area contributed by atoms with Gasteiger partial charge in [0.2, 0.25) is 0 Å². The Balaban J connectivity index is 3.19. The van der Waals surface area contributed by atoms with E-state index in [9.17, 15) is 9.18 Å². The van der Waals surface area contributed by atoms with Crippen molar-refractivity contribution in [3.63, 3.8) is 0 Å². The zero-order valence-electron chi connectivity index (χ0n) is 6.80. The number of rotatable bonds is 2. The molecule has 0 spiro atoms. The third kappa shape index (κ3) is 2.56. The van der Waals surface area contributed by atoms with Crippen LogP contribution in [0.1, 0.15) is 5.56 Å². The molecule has 2 nitrogen and oxygen atoms in total. The average molecular weight is 279 g/mol. The topological polar surface area (TPSA) is 37.3 Å². The van der Waals surface area contributed by atoms with Crippen LogP contribution in [0.15, 0.2) is 22.7 Å². The summed E-state index contributed by atoms with van der Waals surface area (Å²) in [4.78, 5) is 10.2. The summed E-state index contributed by atoms with van der Waals surface area (Å²) in [5.41, 5.74) is 0.0587. The van der Waals surface area contributed by atoms with Gasteiger partial charge >= 0.3 is 5.97 Å². The summed E-state index contributed by atoms with van der Waals surface area (Å²) in [7, 11) is 0. The summed E-state index contributed by atoms with van der Waals surface area (Å²) in [6, 6.07) is 2.94. The molecule has 1 aromatic rings. The van der Waals surface area contributed by atoms with Crippen molar-refractivity contribution in [2.45, 2.75) is 0 Å². The number of aliphatic carboxylic acids is 1. The van der Waals surface area contributed by atoms with E-state index in [0.717, 1.165) is 12.2 Å². The van der Waals surface area contributed by atoms with Crippen molar-refractivity contribution in [1.29, 1.82) is 0 Å². The Hall–Kier alpha value is -0.870. The molecule has 0 fully saturated rings. The lowest BCUT2D eigenvalue weighted by atomic mass is 10.2. The maximum Gasteiger partial charge on any atom is 0.328 e. The first-order chi connectivity index (χ1) is 6.52. The first-order valence-corrected chi connectivity index (χ1v) is 4.74. The molecule has 0 radical (unpaired) electrons. The predicted octanol–water partition coefficient (Wildman–Crippen LogP) is 3.34. The van der Waals surface area contributed by atoms with Crippen molar-refractivity contribution in [1.82, 2.24) is 0 Å². The lowest BCUT2D eigenvalue weighted by Gasteiger charge is -2.01. The van der Waals surface area contributed by atoms with Crippen LogP contribution >= 0.6 is 27.5 Å². The van der Waals surface area contributed by atoms with Gasteiger partial charge in [0.1, 0.15) is 5.82 Å². The van der Waals surface area contributed by atoms with Crippen LogP contribution in [-0.4, -0.2) is 11.1 Å². The molecule has 0 atom stereocenters. The molecule has 0 aliphatic heterocycles. The Labute approximate surface area is 93.1 Å². The average Bonchev–Trinajstić information content (AvgIpc) is 2.11. The van der Waals surface area contributed by atoms with E-state index in [1.165, 1.54) is 12.1 Å². The fraction of sp³-hybridized carbons (Fsp3) is 0. The number of carboxylic acid groups (broad SMARTS) is 1. The van der Waals surface area contributed by atoms with E-state index in [0.29, 0.717) is 0 Å². The number of benzene rings is 1. The molecule has 0 saturated heterocycles. The highest BCUT2D eigenvalue weighted by atomic mass is 79.9. The summed E-state index contributed by atoms with van der Waals surface area (Å²) >= 11 is 8.65. The van der Waals surface area contributed by atoms with Crippen LogP contribution < -0.4 is 0 Å². The quantitative estimate of drug-likeness (QED) is 0.666. The SMILES string of the molecule is O=C(O)/C=C/c1c(Cl)ccc(Br)c1F. The van der Waals surface area contributed by atoms with Gasteiger partial charge in [0.05, 0.1) is 9.50 Å². The lowest BCUT2D eigenvalue weighted by molar-refractivity contribution is -0.131. The summed E-state index contributed by atoms with van der Waals surface area (Å²) in [5.74, 6) is -1.73. The second-order valence-corrected chi connectivity index (χ2v) is 3.69. The highest BCUT2D eigenvalue weighted by Gasteiger charge is 2.08. The van der Waals surface area contributed by atoms with Gasteiger partial charge in [0.15, 0.2) is 0 Å². The number of halogens is 3. The maximum atomic E-state index is 13.3. The number of hydrogen-bond donors (Lipinski definition) is 1. The molecular weight excluding hydrogens is 274 g/mol. The Kier molecular flexibility index (Phi) is 3.66. The fourth-order valence-corrected chi connectivity index (χ4v) is 1.40. The molecule has 14 heavy (non-hydrogen) atoms. The van der Waals surface area contributed by atoms with E-state index < -0.39 is 11.8 Å². The van der Waals surface area contributed by atoms with Crippen LogP contribution in [0.5, 0.6) is 0 Å². The highest BCUT2D eigenvalue weighted by Crippen LogP contribution is 2.26. The highest BCUT2D eigenvalue weighted by molar-refractivity contribution is 9.10. The Morgan fingerprint density at radius 2 is 2.21 bits per heavy atom. The van der Waals surface area contributed by atoms with Gasteiger partial charge in [-0.2, -0.15) is 0 Å². The van der Waals surface area contributed by atoms with Crippen LogP contribution in [0.25, 0.3) is 6.08 Å². The summed E-state index contributed by atoms with van der Waals surface area (Å²) in [6.45, 7) is 0. The molecule has 0 aliphatic rings. The third-order valence-corrected chi connectivity index (χ3v) is 2.41. The maximum absolute atomic E-state index is 13.3. The molecule has 0 unspecified atom stereocenters. The summed E-state index contributed by atoms with van der Waals surface area (Å²) < 4.78 is 13.6. The normalized spacial score (nSPS) is 10.8. The van der Waals surface area contributed by atoms with Gasteiger partial charge < -0.3 is 5.11 Å².